The first kappa shape index (κ1) is 16.3. The molecule has 124 valence electrons. The zero-order valence-corrected chi connectivity index (χ0v) is 14.1. The van der Waals surface area contributed by atoms with Gasteiger partial charge in [-0.25, -0.2) is 4.98 Å². The second-order valence-corrected chi connectivity index (χ2v) is 6.86. The predicted octanol–water partition coefficient (Wildman–Crippen LogP) is 2.84. The van der Waals surface area contributed by atoms with E-state index in [0.717, 1.165) is 22.5 Å². The minimum Gasteiger partial charge on any atom is -0.481 e. The maximum atomic E-state index is 12.4. The monoisotopic (exact) mass is 344 g/mol. The van der Waals surface area contributed by atoms with Crippen LogP contribution in [0, 0.1) is 19.8 Å². The van der Waals surface area contributed by atoms with Crippen molar-refractivity contribution in [1.29, 1.82) is 0 Å². The molecule has 3 rings (SSSR count). The van der Waals surface area contributed by atoms with Crippen LogP contribution in [0.3, 0.4) is 0 Å². The molecule has 24 heavy (non-hydrogen) atoms. The Morgan fingerprint density at radius 1 is 1.29 bits per heavy atom. The fraction of sp³-hybridized carbons (Fsp3) is 0.294. The van der Waals surface area contributed by atoms with Crippen LogP contribution in [-0.2, 0) is 11.2 Å². The standard InChI is InChI=1S/C17H16N2O4S/c1-8-4-3-5-11(9(8)2)15(21)19-17-18-12-6-10(16(22)23)7-13(20)14(12)24-17/h3-5,10H,6-7H2,1-2H3,(H,22,23)(H,18,19,21). The molecule has 1 amide bonds. The first-order valence-electron chi connectivity index (χ1n) is 7.50. The number of nitrogens with zero attached hydrogens (tertiary/aromatic N) is 1. The highest BCUT2D eigenvalue weighted by Crippen LogP contribution is 2.32. The number of thiazole rings is 1. The van der Waals surface area contributed by atoms with E-state index in [-0.39, 0.29) is 24.5 Å². The van der Waals surface area contributed by atoms with Crippen molar-refractivity contribution in [3.8, 4) is 0 Å². The summed E-state index contributed by atoms with van der Waals surface area (Å²) in [5, 5.41) is 12.1. The van der Waals surface area contributed by atoms with Gasteiger partial charge in [-0.15, -0.1) is 0 Å². The van der Waals surface area contributed by atoms with Gasteiger partial charge in [-0.2, -0.15) is 0 Å². The molecule has 1 aromatic heterocycles. The van der Waals surface area contributed by atoms with Crippen molar-refractivity contribution in [3.63, 3.8) is 0 Å². The van der Waals surface area contributed by atoms with E-state index >= 15 is 0 Å². The number of fused-ring (bicyclic) bond motifs is 1. The van der Waals surface area contributed by atoms with Gasteiger partial charge in [0.05, 0.1) is 16.5 Å². The van der Waals surface area contributed by atoms with Gasteiger partial charge in [0.25, 0.3) is 5.91 Å². The largest absolute Gasteiger partial charge is 0.481 e. The van der Waals surface area contributed by atoms with Crippen LogP contribution >= 0.6 is 11.3 Å². The fourth-order valence-electron chi connectivity index (χ4n) is 2.72. The number of nitrogens with one attached hydrogen (secondary N) is 1. The number of hydrogen-bond donors (Lipinski definition) is 2. The minimum absolute atomic E-state index is 0.0189. The third kappa shape index (κ3) is 2.94. The molecule has 0 saturated heterocycles. The van der Waals surface area contributed by atoms with Crippen molar-refractivity contribution in [3.05, 3.63) is 45.5 Å². The van der Waals surface area contributed by atoms with Crippen molar-refractivity contribution in [2.75, 3.05) is 5.32 Å². The molecule has 1 atom stereocenters. The molecular weight excluding hydrogens is 328 g/mol. The molecular formula is C17H16N2O4S. The molecule has 7 heteroatoms. The number of aliphatic carboxylic acids is 1. The van der Waals surface area contributed by atoms with Gasteiger partial charge in [0.15, 0.2) is 10.9 Å². The Balaban J connectivity index is 1.84. The zero-order valence-electron chi connectivity index (χ0n) is 13.3. The van der Waals surface area contributed by atoms with Gasteiger partial charge in [0.1, 0.15) is 0 Å². The van der Waals surface area contributed by atoms with E-state index in [1.54, 1.807) is 6.07 Å². The summed E-state index contributed by atoms with van der Waals surface area (Å²) < 4.78 is 0. The average Bonchev–Trinajstić information content (AvgIpc) is 2.92. The first-order valence-corrected chi connectivity index (χ1v) is 8.31. The maximum absolute atomic E-state index is 12.4. The van der Waals surface area contributed by atoms with E-state index in [2.05, 4.69) is 10.3 Å². The number of amides is 1. The fourth-order valence-corrected chi connectivity index (χ4v) is 3.66. The topological polar surface area (TPSA) is 96.4 Å². The molecule has 0 spiro atoms. The molecule has 0 fully saturated rings. The number of carboxylic acid groups (broad SMARTS) is 1. The zero-order chi connectivity index (χ0) is 17.4. The number of carbonyl (C=O) groups is 3. The predicted molar refractivity (Wildman–Crippen MR) is 89.8 cm³/mol. The number of Topliss-reactive ketones (excluding diaryl/α,β-unsaturated/α-hetero) is 1. The van der Waals surface area contributed by atoms with Crippen molar-refractivity contribution in [1.82, 2.24) is 4.98 Å². The smallest absolute Gasteiger partial charge is 0.307 e. The quantitative estimate of drug-likeness (QED) is 0.892. The maximum Gasteiger partial charge on any atom is 0.307 e. The second-order valence-electron chi connectivity index (χ2n) is 5.86. The minimum atomic E-state index is -0.997. The number of benzene rings is 1. The molecule has 1 unspecified atom stereocenters. The van der Waals surface area contributed by atoms with E-state index in [9.17, 15) is 14.4 Å². The van der Waals surface area contributed by atoms with Gasteiger partial charge in [0.2, 0.25) is 0 Å². The van der Waals surface area contributed by atoms with Crippen LogP contribution in [0.15, 0.2) is 18.2 Å². The van der Waals surface area contributed by atoms with Crippen LogP contribution in [0.2, 0.25) is 0 Å². The molecule has 0 bridgehead atoms. The lowest BCUT2D eigenvalue weighted by atomic mass is 9.90. The SMILES string of the molecule is Cc1cccc(C(=O)Nc2nc3c(s2)C(=O)CC(C(=O)O)C3)c1C. The Morgan fingerprint density at radius 3 is 2.75 bits per heavy atom. The average molecular weight is 344 g/mol. The number of hydrogen-bond acceptors (Lipinski definition) is 5. The highest BCUT2D eigenvalue weighted by molar-refractivity contribution is 7.17. The summed E-state index contributed by atoms with van der Waals surface area (Å²) in [5.74, 6) is -2.25. The lowest BCUT2D eigenvalue weighted by Crippen LogP contribution is -2.25. The van der Waals surface area contributed by atoms with Crippen molar-refractivity contribution in [2.24, 2.45) is 5.92 Å². The van der Waals surface area contributed by atoms with E-state index < -0.39 is 11.9 Å². The van der Waals surface area contributed by atoms with Gasteiger partial charge in [0, 0.05) is 18.4 Å². The van der Waals surface area contributed by atoms with Crippen molar-refractivity contribution < 1.29 is 19.5 Å². The van der Waals surface area contributed by atoms with Crippen LogP contribution in [0.4, 0.5) is 5.13 Å². The summed E-state index contributed by atoms with van der Waals surface area (Å²) in [4.78, 5) is 40.3. The van der Waals surface area contributed by atoms with Gasteiger partial charge in [-0.1, -0.05) is 23.5 Å². The van der Waals surface area contributed by atoms with Crippen LogP contribution in [-0.4, -0.2) is 27.8 Å². The second kappa shape index (κ2) is 6.16. The molecule has 0 radical (unpaired) electrons. The van der Waals surface area contributed by atoms with Gasteiger partial charge in [-0.05, 0) is 31.0 Å². The molecule has 0 saturated carbocycles. The molecule has 1 aliphatic rings. The number of carboxylic acids is 1. The van der Waals surface area contributed by atoms with Gasteiger partial charge < -0.3 is 5.11 Å². The summed E-state index contributed by atoms with van der Waals surface area (Å²) in [6.07, 6.45) is 0.196. The normalized spacial score (nSPS) is 16.6. The van der Waals surface area contributed by atoms with Crippen LogP contribution in [0.25, 0.3) is 0 Å². The van der Waals surface area contributed by atoms with Crippen LogP contribution in [0.5, 0.6) is 0 Å². The molecule has 0 aliphatic heterocycles. The van der Waals surface area contributed by atoms with E-state index in [1.807, 2.05) is 26.0 Å². The van der Waals surface area contributed by atoms with E-state index in [0.29, 0.717) is 21.3 Å². The third-order valence-corrected chi connectivity index (χ3v) is 5.30. The van der Waals surface area contributed by atoms with Crippen LogP contribution in [0.1, 0.15) is 43.3 Å². The Labute approximate surface area is 142 Å². The Hall–Kier alpha value is -2.54. The summed E-state index contributed by atoms with van der Waals surface area (Å²) in [6.45, 7) is 3.80. The Bertz CT molecular complexity index is 856. The summed E-state index contributed by atoms with van der Waals surface area (Å²) in [6, 6.07) is 5.47. The Morgan fingerprint density at radius 2 is 2.04 bits per heavy atom. The summed E-state index contributed by atoms with van der Waals surface area (Å²) >= 11 is 1.10. The number of anilines is 1. The van der Waals surface area contributed by atoms with Crippen molar-refractivity contribution in [2.45, 2.75) is 26.7 Å². The highest BCUT2D eigenvalue weighted by Gasteiger charge is 2.33. The van der Waals surface area contributed by atoms with Crippen molar-refractivity contribution >= 4 is 34.1 Å². The molecule has 1 heterocycles. The number of aromatic nitrogens is 1. The number of rotatable bonds is 3. The first-order chi connectivity index (χ1) is 11.4. The van der Waals surface area contributed by atoms with Gasteiger partial charge >= 0.3 is 5.97 Å². The number of carbonyl (C=O) groups excluding carboxylic acids is 2. The molecule has 1 aromatic carbocycles. The summed E-state index contributed by atoms with van der Waals surface area (Å²) in [5.41, 5.74) is 2.91. The molecule has 1 aliphatic carbocycles. The number of ketones is 1. The lowest BCUT2D eigenvalue weighted by Gasteiger charge is -2.15. The lowest BCUT2D eigenvalue weighted by molar-refractivity contribution is -0.141. The summed E-state index contributed by atoms with van der Waals surface area (Å²) in [7, 11) is 0. The highest BCUT2D eigenvalue weighted by atomic mass is 32.1. The Kier molecular flexibility index (Phi) is 4.19. The number of aryl methyl sites for hydroxylation is 1. The third-order valence-electron chi connectivity index (χ3n) is 4.24. The van der Waals surface area contributed by atoms with Gasteiger partial charge in [-0.3, -0.25) is 19.7 Å². The molecule has 2 N–H and O–H groups in total. The van der Waals surface area contributed by atoms with Crippen LogP contribution < -0.4 is 5.32 Å². The van der Waals surface area contributed by atoms with E-state index in [1.165, 1.54) is 0 Å². The molecule has 2 aromatic rings. The molecule has 6 nitrogen and oxygen atoms in total. The van der Waals surface area contributed by atoms with E-state index in [4.69, 9.17) is 5.11 Å².